The lowest BCUT2D eigenvalue weighted by Crippen LogP contribution is -2.37. The quantitative estimate of drug-likeness (QED) is 0.529. The van der Waals surface area contributed by atoms with E-state index in [4.69, 9.17) is 25.5 Å². The Morgan fingerprint density at radius 3 is 2.85 bits per heavy atom. The number of nitrogens with zero attached hydrogens (tertiary/aromatic N) is 1. The zero-order chi connectivity index (χ0) is 23.1. The van der Waals surface area contributed by atoms with E-state index >= 15 is 0 Å². The fourth-order valence-electron chi connectivity index (χ4n) is 3.63. The second-order valence-corrected chi connectivity index (χ2v) is 8.78. The number of ether oxygens (including phenoxy) is 2. The van der Waals surface area contributed by atoms with E-state index in [2.05, 4.69) is 5.32 Å². The lowest BCUT2D eigenvalue weighted by Gasteiger charge is -2.12. The van der Waals surface area contributed by atoms with Crippen molar-refractivity contribution in [1.29, 1.82) is 0 Å². The van der Waals surface area contributed by atoms with Gasteiger partial charge in [-0.2, -0.15) is 0 Å². The summed E-state index contributed by atoms with van der Waals surface area (Å²) in [6.45, 7) is 2.05. The lowest BCUT2D eigenvalue weighted by molar-refractivity contribution is -0.122. The van der Waals surface area contributed by atoms with Crippen LogP contribution in [0.4, 0.5) is 4.79 Å². The third-order valence-electron chi connectivity index (χ3n) is 5.31. The fourth-order valence-corrected chi connectivity index (χ4v) is 4.71. The van der Waals surface area contributed by atoms with Gasteiger partial charge in [-0.05, 0) is 48.5 Å². The first-order chi connectivity index (χ1) is 15.9. The van der Waals surface area contributed by atoms with Gasteiger partial charge in [0, 0.05) is 24.0 Å². The minimum atomic E-state index is -0.442. The SMILES string of the molecule is Cc1c(C(=O)NCCN2C(=O)S/C(=C\c3ccc4c(c3)OCO4)C2=O)oc2c(Cl)cccc12. The Kier molecular flexibility index (Phi) is 5.51. The Balaban J connectivity index is 1.24. The van der Waals surface area contributed by atoms with Gasteiger partial charge in [-0.3, -0.25) is 19.3 Å². The molecular weight excluding hydrogens is 468 g/mol. The van der Waals surface area contributed by atoms with E-state index < -0.39 is 17.1 Å². The van der Waals surface area contributed by atoms with E-state index in [-0.39, 0.29) is 25.6 Å². The van der Waals surface area contributed by atoms with Crippen LogP contribution < -0.4 is 14.8 Å². The summed E-state index contributed by atoms with van der Waals surface area (Å²) in [5.41, 5.74) is 1.83. The van der Waals surface area contributed by atoms with E-state index in [9.17, 15) is 14.4 Å². The minimum absolute atomic E-state index is 0.0366. The van der Waals surface area contributed by atoms with Gasteiger partial charge in [0.2, 0.25) is 6.79 Å². The van der Waals surface area contributed by atoms with Gasteiger partial charge in [0.25, 0.3) is 17.1 Å². The molecule has 1 aromatic heterocycles. The van der Waals surface area contributed by atoms with Gasteiger partial charge in [0.1, 0.15) is 0 Å². The summed E-state index contributed by atoms with van der Waals surface area (Å²) < 4.78 is 16.3. The summed E-state index contributed by atoms with van der Waals surface area (Å²) in [5.74, 6) is 0.520. The number of halogens is 1. The zero-order valence-electron chi connectivity index (χ0n) is 17.3. The van der Waals surface area contributed by atoms with Gasteiger partial charge < -0.3 is 19.2 Å². The number of fused-ring (bicyclic) bond motifs is 2. The van der Waals surface area contributed by atoms with Crippen molar-refractivity contribution in [3.05, 3.63) is 63.2 Å². The molecule has 0 bridgehead atoms. The smallest absolute Gasteiger partial charge is 0.293 e. The van der Waals surface area contributed by atoms with E-state index in [0.717, 1.165) is 27.6 Å². The van der Waals surface area contributed by atoms with Crippen molar-refractivity contribution in [2.75, 3.05) is 19.9 Å². The molecule has 0 aliphatic carbocycles. The molecule has 5 rings (SSSR count). The number of benzene rings is 2. The van der Waals surface area contributed by atoms with Crippen LogP contribution in [0.1, 0.15) is 21.7 Å². The summed E-state index contributed by atoms with van der Waals surface area (Å²) in [6, 6.07) is 10.6. The van der Waals surface area contributed by atoms with E-state index in [1.807, 2.05) is 6.07 Å². The molecule has 3 heterocycles. The number of thioether (sulfide) groups is 1. The average Bonchev–Trinajstić information content (AvgIpc) is 3.47. The molecule has 2 aliphatic heterocycles. The van der Waals surface area contributed by atoms with E-state index in [0.29, 0.717) is 32.6 Å². The maximum Gasteiger partial charge on any atom is 0.293 e. The Hall–Kier alpha value is -3.43. The van der Waals surface area contributed by atoms with Crippen LogP contribution in [0.3, 0.4) is 0 Å². The van der Waals surface area contributed by atoms with E-state index in [1.54, 1.807) is 43.3 Å². The van der Waals surface area contributed by atoms with Crippen LogP contribution in [0.15, 0.2) is 45.7 Å². The van der Waals surface area contributed by atoms with Crippen LogP contribution >= 0.6 is 23.4 Å². The highest BCUT2D eigenvalue weighted by molar-refractivity contribution is 8.18. The Morgan fingerprint density at radius 2 is 2.03 bits per heavy atom. The van der Waals surface area contributed by atoms with Crippen molar-refractivity contribution in [3.63, 3.8) is 0 Å². The van der Waals surface area contributed by atoms with Gasteiger partial charge in [0.05, 0.1) is 9.93 Å². The summed E-state index contributed by atoms with van der Waals surface area (Å²) in [5, 5.41) is 3.48. The van der Waals surface area contributed by atoms with Crippen LogP contribution in [0, 0.1) is 6.92 Å². The number of amides is 3. The first-order valence-electron chi connectivity index (χ1n) is 10.0. The summed E-state index contributed by atoms with van der Waals surface area (Å²) in [7, 11) is 0. The molecule has 0 unspecified atom stereocenters. The average molecular weight is 485 g/mol. The molecule has 33 heavy (non-hydrogen) atoms. The number of imide groups is 1. The molecule has 10 heteroatoms. The number of carbonyl (C=O) groups is 3. The minimum Gasteiger partial charge on any atom is -0.454 e. The van der Waals surface area contributed by atoms with Crippen LogP contribution in [0.2, 0.25) is 5.02 Å². The maximum atomic E-state index is 12.7. The molecule has 8 nitrogen and oxygen atoms in total. The predicted octanol–water partition coefficient (Wildman–Crippen LogP) is 4.59. The Morgan fingerprint density at radius 1 is 1.21 bits per heavy atom. The highest BCUT2D eigenvalue weighted by Crippen LogP contribution is 2.36. The molecule has 2 aliphatic rings. The normalized spacial score (nSPS) is 16.3. The number of hydrogen-bond acceptors (Lipinski definition) is 7. The molecule has 2 aromatic carbocycles. The second-order valence-electron chi connectivity index (χ2n) is 7.37. The largest absolute Gasteiger partial charge is 0.454 e. The number of rotatable bonds is 5. The van der Waals surface area contributed by atoms with Crippen molar-refractivity contribution in [2.45, 2.75) is 6.92 Å². The van der Waals surface area contributed by atoms with Gasteiger partial charge >= 0.3 is 0 Å². The predicted molar refractivity (Wildman–Crippen MR) is 124 cm³/mol. The van der Waals surface area contributed by atoms with Gasteiger partial charge in [0.15, 0.2) is 22.8 Å². The standard InChI is InChI=1S/C23H17ClN2O6S/c1-12-14-3-2-4-15(24)20(14)32-19(12)21(27)25-7-8-26-22(28)18(33-23(26)29)10-13-5-6-16-17(9-13)31-11-30-16/h2-6,9-10H,7-8,11H2,1H3,(H,25,27)/b18-10-. The zero-order valence-corrected chi connectivity index (χ0v) is 18.9. The van der Waals surface area contributed by atoms with Crippen molar-refractivity contribution >= 4 is 57.5 Å². The van der Waals surface area contributed by atoms with Crippen LogP contribution in [-0.4, -0.2) is 41.8 Å². The first kappa shape index (κ1) is 21.4. The molecule has 1 N–H and O–H groups in total. The van der Waals surface area contributed by atoms with Crippen molar-refractivity contribution in [3.8, 4) is 11.5 Å². The number of hydrogen-bond donors (Lipinski definition) is 1. The lowest BCUT2D eigenvalue weighted by atomic mass is 10.1. The van der Waals surface area contributed by atoms with Crippen molar-refractivity contribution in [2.24, 2.45) is 0 Å². The molecule has 0 saturated carbocycles. The van der Waals surface area contributed by atoms with Gasteiger partial charge in [-0.1, -0.05) is 29.8 Å². The van der Waals surface area contributed by atoms with Crippen LogP contribution in [0.5, 0.6) is 11.5 Å². The molecule has 0 spiro atoms. The van der Waals surface area contributed by atoms with Crippen LogP contribution in [-0.2, 0) is 4.79 Å². The van der Waals surface area contributed by atoms with Gasteiger partial charge in [-0.15, -0.1) is 0 Å². The second kappa shape index (κ2) is 8.49. The van der Waals surface area contributed by atoms with Crippen molar-refractivity contribution in [1.82, 2.24) is 10.2 Å². The number of para-hydroxylation sites is 1. The third-order valence-corrected chi connectivity index (χ3v) is 6.52. The molecular formula is C23H17ClN2O6S. The molecule has 1 fully saturated rings. The number of nitrogens with one attached hydrogen (secondary N) is 1. The topological polar surface area (TPSA) is 98.1 Å². The number of carbonyl (C=O) groups excluding carboxylic acids is 3. The summed E-state index contributed by atoms with van der Waals surface area (Å²) in [4.78, 5) is 39.1. The maximum absolute atomic E-state index is 12.7. The first-order valence-corrected chi connectivity index (χ1v) is 11.2. The third kappa shape index (κ3) is 3.94. The molecule has 3 aromatic rings. The highest BCUT2D eigenvalue weighted by Gasteiger charge is 2.35. The number of aryl methyl sites for hydroxylation is 1. The monoisotopic (exact) mass is 484 g/mol. The molecule has 0 atom stereocenters. The Bertz CT molecular complexity index is 1350. The fraction of sp³-hybridized carbons (Fsp3) is 0.174. The van der Waals surface area contributed by atoms with Crippen molar-refractivity contribution < 1.29 is 28.3 Å². The summed E-state index contributed by atoms with van der Waals surface area (Å²) in [6.07, 6.45) is 1.63. The molecule has 3 amide bonds. The van der Waals surface area contributed by atoms with E-state index in [1.165, 1.54) is 0 Å². The highest BCUT2D eigenvalue weighted by atomic mass is 35.5. The molecule has 168 valence electrons. The summed E-state index contributed by atoms with van der Waals surface area (Å²) >= 11 is 6.99. The Labute approximate surface area is 197 Å². The number of furan rings is 1. The molecule has 0 radical (unpaired) electrons. The van der Waals surface area contributed by atoms with Crippen LogP contribution in [0.25, 0.3) is 17.0 Å². The van der Waals surface area contributed by atoms with Gasteiger partial charge in [-0.25, -0.2) is 0 Å². The molecule has 1 saturated heterocycles.